The number of nitrogens with zero attached hydrogens (tertiary/aromatic N) is 7. The molecular weight excluding hydrogens is 322 g/mol. The number of hydrogen-bond acceptors (Lipinski definition) is 6. The molecule has 0 spiro atoms. The fourth-order valence-corrected chi connectivity index (χ4v) is 2.79. The minimum Gasteiger partial charge on any atom is -0.465 e. The molecule has 0 unspecified atom stereocenters. The average Bonchev–Trinajstić information content (AvgIpc) is 2.95. The fourth-order valence-electron chi connectivity index (χ4n) is 2.64. The minimum absolute atomic E-state index is 0.0638. The van der Waals surface area contributed by atoms with Crippen LogP contribution in [0.2, 0.25) is 5.02 Å². The second-order valence-electron chi connectivity index (χ2n) is 5.41. The summed E-state index contributed by atoms with van der Waals surface area (Å²) in [5.74, 6) is 0.639. The Kier molecular flexibility index (Phi) is 2.98. The maximum Gasteiger partial charge on any atom is 0.407 e. The Morgan fingerprint density at radius 2 is 2.26 bits per heavy atom. The first kappa shape index (κ1) is 13.9. The molecule has 3 aromatic rings. The Bertz CT molecular complexity index is 921. The van der Waals surface area contributed by atoms with Gasteiger partial charge in [-0.25, -0.2) is 14.8 Å². The number of aromatic nitrogens is 5. The van der Waals surface area contributed by atoms with E-state index in [4.69, 9.17) is 16.7 Å². The van der Waals surface area contributed by atoms with Gasteiger partial charge in [-0.05, 0) is 6.07 Å². The molecule has 1 aliphatic heterocycles. The van der Waals surface area contributed by atoms with Gasteiger partial charge in [0.15, 0.2) is 11.5 Å². The predicted octanol–water partition coefficient (Wildman–Crippen LogP) is 1.12. The minimum atomic E-state index is -0.940. The first-order valence-corrected chi connectivity index (χ1v) is 7.28. The van der Waals surface area contributed by atoms with Gasteiger partial charge in [0.2, 0.25) is 5.65 Å². The predicted molar refractivity (Wildman–Crippen MR) is 82.9 cm³/mol. The molecule has 9 nitrogen and oxygen atoms in total. The van der Waals surface area contributed by atoms with Crippen molar-refractivity contribution in [1.82, 2.24) is 29.5 Å². The molecule has 0 atom stereocenters. The highest BCUT2D eigenvalue weighted by Gasteiger charge is 2.35. The van der Waals surface area contributed by atoms with E-state index in [-0.39, 0.29) is 6.04 Å². The smallest absolute Gasteiger partial charge is 0.407 e. The van der Waals surface area contributed by atoms with Gasteiger partial charge < -0.3 is 14.9 Å². The Balaban J connectivity index is 1.75. The van der Waals surface area contributed by atoms with E-state index in [0.29, 0.717) is 35.2 Å². The van der Waals surface area contributed by atoms with Gasteiger partial charge in [0.1, 0.15) is 6.33 Å². The molecular formula is C13H12ClN7O2. The lowest BCUT2D eigenvalue weighted by Gasteiger charge is -2.43. The molecule has 23 heavy (non-hydrogen) atoms. The van der Waals surface area contributed by atoms with Crippen molar-refractivity contribution in [3.63, 3.8) is 0 Å². The van der Waals surface area contributed by atoms with E-state index in [1.54, 1.807) is 23.8 Å². The van der Waals surface area contributed by atoms with Crippen LogP contribution >= 0.6 is 11.6 Å². The molecule has 4 heterocycles. The van der Waals surface area contributed by atoms with Crippen molar-refractivity contribution >= 4 is 40.3 Å². The van der Waals surface area contributed by atoms with Crippen LogP contribution in [-0.4, -0.2) is 66.8 Å². The summed E-state index contributed by atoms with van der Waals surface area (Å²) in [7, 11) is 1.56. The van der Waals surface area contributed by atoms with Gasteiger partial charge in [-0.15, -0.1) is 10.2 Å². The number of carbonyl (C=O) groups is 1. The summed E-state index contributed by atoms with van der Waals surface area (Å²) in [6.45, 7) is 1.11. The van der Waals surface area contributed by atoms with Crippen LogP contribution in [-0.2, 0) is 0 Å². The van der Waals surface area contributed by atoms with Crippen LogP contribution in [0.5, 0.6) is 0 Å². The van der Waals surface area contributed by atoms with Crippen LogP contribution in [0.4, 0.5) is 10.6 Å². The summed E-state index contributed by atoms with van der Waals surface area (Å²) in [5, 5.41) is 17.6. The number of amides is 1. The van der Waals surface area contributed by atoms with E-state index in [1.807, 2.05) is 4.90 Å². The van der Waals surface area contributed by atoms with Gasteiger partial charge in [0.25, 0.3) is 0 Å². The first-order valence-electron chi connectivity index (χ1n) is 6.90. The molecule has 1 N–H and O–H groups in total. The number of rotatable bonds is 2. The number of fused-ring (bicyclic) bond motifs is 3. The van der Waals surface area contributed by atoms with Crippen LogP contribution in [0.1, 0.15) is 0 Å². The zero-order valence-corrected chi connectivity index (χ0v) is 12.8. The van der Waals surface area contributed by atoms with Gasteiger partial charge in [-0.1, -0.05) is 11.6 Å². The molecule has 0 aromatic carbocycles. The third-order valence-electron chi connectivity index (χ3n) is 4.04. The number of pyridine rings is 1. The largest absolute Gasteiger partial charge is 0.465 e. The summed E-state index contributed by atoms with van der Waals surface area (Å²) in [6.07, 6.45) is 2.18. The lowest BCUT2D eigenvalue weighted by molar-refractivity contribution is 0.130. The number of halogens is 1. The molecule has 1 saturated heterocycles. The monoisotopic (exact) mass is 333 g/mol. The van der Waals surface area contributed by atoms with Crippen LogP contribution in [0.3, 0.4) is 0 Å². The van der Waals surface area contributed by atoms with Gasteiger partial charge >= 0.3 is 6.09 Å². The highest BCUT2D eigenvalue weighted by atomic mass is 35.5. The van der Waals surface area contributed by atoms with Gasteiger partial charge in [-0.3, -0.25) is 4.40 Å². The quantitative estimate of drug-likeness (QED) is 0.750. The first-order chi connectivity index (χ1) is 11.0. The molecule has 118 valence electrons. The second kappa shape index (κ2) is 4.92. The van der Waals surface area contributed by atoms with Crippen LogP contribution in [0, 0.1) is 0 Å². The maximum absolute atomic E-state index is 11.0. The van der Waals surface area contributed by atoms with Crippen molar-refractivity contribution in [2.75, 3.05) is 25.0 Å². The van der Waals surface area contributed by atoms with E-state index in [1.165, 1.54) is 11.1 Å². The molecule has 0 saturated carbocycles. The number of hydrogen-bond donors (Lipinski definition) is 1. The number of likely N-dealkylation sites (N-methyl/N-ethyl adjacent to an activating group) is 1. The van der Waals surface area contributed by atoms with Crippen LogP contribution in [0.15, 0.2) is 18.6 Å². The van der Waals surface area contributed by atoms with E-state index in [2.05, 4.69) is 20.2 Å². The topological polar surface area (TPSA) is 99.8 Å². The van der Waals surface area contributed by atoms with Gasteiger partial charge in [-0.2, -0.15) is 0 Å². The van der Waals surface area contributed by atoms with Gasteiger partial charge in [0, 0.05) is 26.3 Å². The van der Waals surface area contributed by atoms with E-state index < -0.39 is 6.09 Å². The molecule has 1 aliphatic rings. The molecule has 0 radical (unpaired) electrons. The molecule has 3 aromatic heterocycles. The van der Waals surface area contributed by atoms with Crippen molar-refractivity contribution in [3.8, 4) is 0 Å². The zero-order chi connectivity index (χ0) is 16.1. The highest BCUT2D eigenvalue weighted by Crippen LogP contribution is 2.28. The fraction of sp³-hybridized carbons (Fsp3) is 0.308. The van der Waals surface area contributed by atoms with Crippen molar-refractivity contribution < 1.29 is 9.90 Å². The van der Waals surface area contributed by atoms with E-state index >= 15 is 0 Å². The second-order valence-corrected chi connectivity index (χ2v) is 5.84. The summed E-state index contributed by atoms with van der Waals surface area (Å²) >= 11 is 5.99. The average molecular weight is 334 g/mol. The molecule has 4 rings (SSSR count). The lowest BCUT2D eigenvalue weighted by Crippen LogP contribution is -2.60. The number of carboxylic acid groups (broad SMARTS) is 1. The molecule has 1 amide bonds. The van der Waals surface area contributed by atoms with E-state index in [9.17, 15) is 4.79 Å². The maximum atomic E-state index is 11.0. The third-order valence-corrected chi connectivity index (χ3v) is 4.25. The molecule has 10 heteroatoms. The Morgan fingerprint density at radius 1 is 1.48 bits per heavy atom. The standard InChI is InChI=1S/C13H12ClN7O2/c1-19(13(22)23)8-4-20(5-8)11-12-18-16-6-21(12)9-2-7(14)3-15-10(9)17-11/h2-3,6,8H,4-5H2,1H3,(H,22,23). The lowest BCUT2D eigenvalue weighted by atomic mass is 10.1. The Morgan fingerprint density at radius 3 is 3.00 bits per heavy atom. The molecule has 0 aliphatic carbocycles. The SMILES string of the molecule is CN(C(=O)O)C1CN(c2nc3ncc(Cl)cc3n3cnnc23)C1. The summed E-state index contributed by atoms with van der Waals surface area (Å²) in [6, 6.07) is 1.69. The molecule has 0 bridgehead atoms. The Hall–Kier alpha value is -2.68. The molecule has 1 fully saturated rings. The van der Waals surface area contributed by atoms with Crippen molar-refractivity contribution in [1.29, 1.82) is 0 Å². The highest BCUT2D eigenvalue weighted by molar-refractivity contribution is 6.31. The summed E-state index contributed by atoms with van der Waals surface area (Å²) in [5.41, 5.74) is 1.85. The number of anilines is 1. The summed E-state index contributed by atoms with van der Waals surface area (Å²) in [4.78, 5) is 23.0. The van der Waals surface area contributed by atoms with Crippen molar-refractivity contribution in [2.24, 2.45) is 0 Å². The zero-order valence-electron chi connectivity index (χ0n) is 12.1. The Labute approximate surface area is 135 Å². The van der Waals surface area contributed by atoms with Gasteiger partial charge in [0.05, 0.1) is 16.6 Å². The van der Waals surface area contributed by atoms with Crippen molar-refractivity contribution in [3.05, 3.63) is 23.6 Å². The van der Waals surface area contributed by atoms with Crippen LogP contribution < -0.4 is 4.90 Å². The third kappa shape index (κ3) is 2.12. The van der Waals surface area contributed by atoms with Crippen molar-refractivity contribution in [2.45, 2.75) is 6.04 Å². The summed E-state index contributed by atoms with van der Waals surface area (Å²) < 4.78 is 1.78. The van der Waals surface area contributed by atoms with E-state index in [0.717, 1.165) is 5.52 Å². The normalized spacial score (nSPS) is 15.1. The van der Waals surface area contributed by atoms with Crippen LogP contribution in [0.25, 0.3) is 16.8 Å².